The van der Waals surface area contributed by atoms with Gasteiger partial charge in [0.05, 0.1) is 11.1 Å². The van der Waals surface area contributed by atoms with Gasteiger partial charge < -0.3 is 9.84 Å². The predicted octanol–water partition coefficient (Wildman–Crippen LogP) is 6.92. The van der Waals surface area contributed by atoms with Crippen molar-refractivity contribution in [3.63, 3.8) is 0 Å². The van der Waals surface area contributed by atoms with Gasteiger partial charge in [-0.25, -0.2) is 4.57 Å². The van der Waals surface area contributed by atoms with Crippen molar-refractivity contribution in [3.05, 3.63) is 148 Å². The lowest BCUT2D eigenvalue weighted by Gasteiger charge is -2.28. The first-order valence-corrected chi connectivity index (χ1v) is 12.9. The fourth-order valence-electron chi connectivity index (χ4n) is 4.38. The summed E-state index contributed by atoms with van der Waals surface area (Å²) in [5.74, 6) is 1.38. The number of carbonyl (C=O) groups is 1. The third-order valence-corrected chi connectivity index (χ3v) is 6.65. The van der Waals surface area contributed by atoms with Gasteiger partial charge in [-0.2, -0.15) is 0 Å². The van der Waals surface area contributed by atoms with Gasteiger partial charge >= 0.3 is 0 Å². The zero-order chi connectivity index (χ0) is 26.7. The summed E-state index contributed by atoms with van der Waals surface area (Å²) in [6.45, 7) is 7.13. The Hall–Kier alpha value is -4.44. The van der Waals surface area contributed by atoms with E-state index in [0.717, 1.165) is 41.2 Å². The molecule has 0 saturated heterocycles. The Labute approximate surface area is 224 Å². The second-order valence-corrected chi connectivity index (χ2v) is 10.6. The standard InChI is InChI=1S/C34H31NO3/c1-34(2,3)31-23-26(22-30(38-31)27-12-8-5-9-13-27)21-29-32(36)28(33(29)37)20-25-15-18-35(19-16-25)17-14-24-10-6-4-7-11-24/h4-13,15-16,18-23H,14,17H2,1-3H3/p+1. The van der Waals surface area contributed by atoms with Crippen LogP contribution in [-0.4, -0.2) is 10.9 Å². The van der Waals surface area contributed by atoms with Crippen LogP contribution in [0.4, 0.5) is 0 Å². The monoisotopic (exact) mass is 502 g/mol. The Kier molecular flexibility index (Phi) is 6.97. The summed E-state index contributed by atoms with van der Waals surface area (Å²) < 4.78 is 8.33. The van der Waals surface area contributed by atoms with Crippen molar-refractivity contribution < 1.29 is 19.2 Å². The number of nitrogens with zero attached hydrogens (tertiary/aromatic N) is 1. The van der Waals surface area contributed by atoms with Crippen LogP contribution in [0.3, 0.4) is 0 Å². The minimum Gasteiger partial charge on any atom is -0.506 e. The highest BCUT2D eigenvalue weighted by Crippen LogP contribution is 2.38. The number of aryl methyl sites for hydroxylation is 2. The van der Waals surface area contributed by atoms with Gasteiger partial charge in [-0.3, -0.25) is 4.79 Å². The molecule has 0 saturated carbocycles. The molecule has 2 heterocycles. The molecule has 0 spiro atoms. The molecule has 1 aliphatic carbocycles. The van der Waals surface area contributed by atoms with E-state index in [1.165, 1.54) is 5.56 Å². The maximum atomic E-state index is 13.0. The van der Waals surface area contributed by atoms with Crippen LogP contribution in [0.5, 0.6) is 0 Å². The van der Waals surface area contributed by atoms with Crippen LogP contribution in [0, 0.1) is 5.41 Å². The van der Waals surface area contributed by atoms with Gasteiger partial charge in [0.15, 0.2) is 18.9 Å². The first-order valence-electron chi connectivity index (χ1n) is 12.9. The highest BCUT2D eigenvalue weighted by molar-refractivity contribution is 6.23. The third kappa shape index (κ3) is 5.60. The topological polar surface area (TPSA) is 50.4 Å². The molecule has 1 N–H and O–H groups in total. The normalized spacial score (nSPS) is 17.7. The average molecular weight is 503 g/mol. The van der Waals surface area contributed by atoms with Gasteiger partial charge in [0.25, 0.3) is 0 Å². The molecule has 0 fully saturated rings. The molecule has 190 valence electrons. The Morgan fingerprint density at radius 2 is 1.53 bits per heavy atom. The quantitative estimate of drug-likeness (QED) is 0.294. The van der Waals surface area contributed by atoms with Crippen molar-refractivity contribution in [2.45, 2.75) is 33.7 Å². The maximum absolute atomic E-state index is 13.0. The Morgan fingerprint density at radius 1 is 0.868 bits per heavy atom. The largest absolute Gasteiger partial charge is 0.506 e. The summed E-state index contributed by atoms with van der Waals surface area (Å²) in [5, 5.41) is 10.8. The van der Waals surface area contributed by atoms with Crippen LogP contribution in [0.2, 0.25) is 0 Å². The summed E-state index contributed by atoms with van der Waals surface area (Å²) in [6.07, 6.45) is 12.3. The molecule has 0 unspecified atom stereocenters. The Balaban J connectivity index is 1.36. The molecular formula is C34H32NO3+. The fraction of sp³-hybridized carbons (Fsp3) is 0.176. The summed E-state index contributed by atoms with van der Waals surface area (Å²) in [6, 6.07) is 24.2. The number of aliphatic hydroxyl groups excluding tert-OH is 1. The van der Waals surface area contributed by atoms with Gasteiger partial charge in [0.2, 0.25) is 5.78 Å². The minimum absolute atomic E-state index is 0.0233. The number of carbonyl (C=O) groups excluding carboxylic acids is 1. The highest BCUT2D eigenvalue weighted by atomic mass is 16.5. The SMILES string of the molecule is CC(C)(C)C1=CC(=CC2=C(O)C(=Cc3cc[n+](CCc4ccccc4)cc3)C2=O)C=C(c2ccccc2)O1. The lowest BCUT2D eigenvalue weighted by atomic mass is 9.84. The van der Waals surface area contributed by atoms with E-state index < -0.39 is 0 Å². The van der Waals surface area contributed by atoms with Crippen LogP contribution < -0.4 is 4.57 Å². The number of ether oxygens (including phenoxy) is 1. The number of hydrogen-bond donors (Lipinski definition) is 1. The van der Waals surface area contributed by atoms with E-state index in [4.69, 9.17) is 4.74 Å². The van der Waals surface area contributed by atoms with Gasteiger partial charge in [-0.1, -0.05) is 81.4 Å². The number of aromatic nitrogens is 1. The molecule has 3 aromatic rings. The van der Waals surface area contributed by atoms with Crippen LogP contribution in [0.1, 0.15) is 37.5 Å². The van der Waals surface area contributed by atoms with Crippen molar-refractivity contribution in [3.8, 4) is 0 Å². The molecule has 0 bridgehead atoms. The number of pyridine rings is 1. The Morgan fingerprint density at radius 3 is 2.16 bits per heavy atom. The lowest BCUT2D eigenvalue weighted by molar-refractivity contribution is -0.696. The molecule has 0 radical (unpaired) electrons. The van der Waals surface area contributed by atoms with Gasteiger partial charge in [0.1, 0.15) is 17.3 Å². The van der Waals surface area contributed by atoms with E-state index >= 15 is 0 Å². The third-order valence-electron chi connectivity index (χ3n) is 6.65. The number of benzene rings is 2. The van der Waals surface area contributed by atoms with Crippen molar-refractivity contribution in [1.82, 2.24) is 0 Å². The lowest BCUT2D eigenvalue weighted by Crippen LogP contribution is -2.33. The van der Waals surface area contributed by atoms with E-state index in [-0.39, 0.29) is 17.0 Å². The molecule has 38 heavy (non-hydrogen) atoms. The van der Waals surface area contributed by atoms with Crippen LogP contribution in [0.15, 0.2) is 132 Å². The van der Waals surface area contributed by atoms with Crippen molar-refractivity contribution in [2.24, 2.45) is 5.41 Å². The molecule has 5 rings (SSSR count). The summed E-state index contributed by atoms with van der Waals surface area (Å²) >= 11 is 0. The number of aliphatic hydroxyl groups is 1. The van der Waals surface area contributed by atoms with Crippen molar-refractivity contribution in [1.29, 1.82) is 0 Å². The molecule has 1 aliphatic heterocycles. The number of rotatable bonds is 6. The molecule has 0 atom stereocenters. The van der Waals surface area contributed by atoms with E-state index in [9.17, 15) is 9.90 Å². The summed E-state index contributed by atoms with van der Waals surface area (Å²) in [4.78, 5) is 13.0. The zero-order valence-electron chi connectivity index (χ0n) is 22.0. The second kappa shape index (κ2) is 10.5. The molecule has 1 aromatic heterocycles. The molecular weight excluding hydrogens is 470 g/mol. The number of hydrogen-bond acceptors (Lipinski definition) is 3. The number of Topliss-reactive ketones (excluding diaryl/α,β-unsaturated/α-hetero) is 1. The van der Waals surface area contributed by atoms with E-state index in [1.807, 2.05) is 73.1 Å². The Bertz CT molecular complexity index is 1500. The summed E-state index contributed by atoms with van der Waals surface area (Å²) in [7, 11) is 0. The van der Waals surface area contributed by atoms with Crippen molar-refractivity contribution in [2.75, 3.05) is 0 Å². The average Bonchev–Trinajstić information content (AvgIpc) is 2.94. The molecule has 4 nitrogen and oxygen atoms in total. The highest BCUT2D eigenvalue weighted by Gasteiger charge is 2.33. The van der Waals surface area contributed by atoms with E-state index in [2.05, 4.69) is 49.6 Å². The minimum atomic E-state index is -0.218. The van der Waals surface area contributed by atoms with Crippen molar-refractivity contribution >= 4 is 17.6 Å². The van der Waals surface area contributed by atoms with Gasteiger partial charge in [-0.15, -0.1) is 0 Å². The molecule has 2 aromatic carbocycles. The number of ketones is 1. The molecule has 4 heteroatoms. The maximum Gasteiger partial charge on any atom is 0.200 e. The zero-order valence-corrected chi connectivity index (χ0v) is 22.0. The summed E-state index contributed by atoms with van der Waals surface area (Å²) in [5.41, 5.74) is 4.36. The second-order valence-electron chi connectivity index (χ2n) is 10.6. The van der Waals surface area contributed by atoms with Crippen LogP contribution in [0.25, 0.3) is 11.8 Å². The number of allylic oxidation sites excluding steroid dienone is 7. The predicted molar refractivity (Wildman–Crippen MR) is 151 cm³/mol. The molecule has 2 aliphatic rings. The van der Waals surface area contributed by atoms with E-state index in [1.54, 1.807) is 12.2 Å². The van der Waals surface area contributed by atoms with Gasteiger partial charge in [0, 0.05) is 29.5 Å². The first kappa shape index (κ1) is 25.2. The molecule has 0 amide bonds. The van der Waals surface area contributed by atoms with Crippen LogP contribution >= 0.6 is 0 Å². The van der Waals surface area contributed by atoms with E-state index in [0.29, 0.717) is 11.1 Å². The smallest absolute Gasteiger partial charge is 0.200 e. The van der Waals surface area contributed by atoms with Crippen LogP contribution in [-0.2, 0) is 22.5 Å². The fourth-order valence-corrected chi connectivity index (χ4v) is 4.38. The van der Waals surface area contributed by atoms with Gasteiger partial charge in [-0.05, 0) is 41.0 Å². The first-order chi connectivity index (χ1) is 18.3.